The second-order valence-electron chi connectivity index (χ2n) is 5.51. The first kappa shape index (κ1) is 20.6. The molecular formula is C18H21ClN2O6. The molecule has 0 bridgehead atoms. The highest BCUT2D eigenvalue weighted by Gasteiger charge is 2.18. The van der Waals surface area contributed by atoms with Crippen LogP contribution in [0.4, 0.5) is 5.82 Å². The van der Waals surface area contributed by atoms with Crippen LogP contribution in [0, 0.1) is 6.92 Å². The summed E-state index contributed by atoms with van der Waals surface area (Å²) >= 11 is 6.21. The van der Waals surface area contributed by atoms with Crippen molar-refractivity contribution in [2.45, 2.75) is 27.2 Å². The predicted octanol–water partition coefficient (Wildman–Crippen LogP) is 3.62. The number of amides is 1. The molecule has 146 valence electrons. The zero-order valence-electron chi connectivity index (χ0n) is 15.3. The van der Waals surface area contributed by atoms with Gasteiger partial charge in [-0.3, -0.25) is 4.79 Å². The maximum absolute atomic E-state index is 12.2. The number of hydrogen-bond donors (Lipinski definition) is 1. The Kier molecular flexibility index (Phi) is 7.48. The summed E-state index contributed by atoms with van der Waals surface area (Å²) in [6.45, 7) is 5.81. The summed E-state index contributed by atoms with van der Waals surface area (Å²) in [4.78, 5) is 24.1. The summed E-state index contributed by atoms with van der Waals surface area (Å²) in [6, 6.07) is 4.43. The fourth-order valence-corrected chi connectivity index (χ4v) is 2.38. The molecule has 8 nitrogen and oxygen atoms in total. The molecule has 1 amide bonds. The lowest BCUT2D eigenvalue weighted by Crippen LogP contribution is -2.21. The molecule has 0 unspecified atom stereocenters. The third-order valence-corrected chi connectivity index (χ3v) is 3.51. The van der Waals surface area contributed by atoms with Gasteiger partial charge in [-0.1, -0.05) is 23.7 Å². The van der Waals surface area contributed by atoms with E-state index in [9.17, 15) is 9.59 Å². The number of anilines is 1. The Balaban J connectivity index is 2.03. The van der Waals surface area contributed by atoms with Crippen LogP contribution in [0.3, 0.4) is 0 Å². The van der Waals surface area contributed by atoms with Gasteiger partial charge >= 0.3 is 5.97 Å². The third-order valence-electron chi connectivity index (χ3n) is 3.23. The second kappa shape index (κ2) is 9.82. The zero-order valence-corrected chi connectivity index (χ0v) is 16.1. The lowest BCUT2D eigenvalue weighted by Gasteiger charge is -2.14. The minimum absolute atomic E-state index is 0.150. The van der Waals surface area contributed by atoms with Gasteiger partial charge in [-0.15, -0.1) is 0 Å². The van der Waals surface area contributed by atoms with E-state index in [1.54, 1.807) is 19.9 Å². The Morgan fingerprint density at radius 2 is 2.00 bits per heavy atom. The number of esters is 1. The van der Waals surface area contributed by atoms with Crippen molar-refractivity contribution in [3.8, 4) is 11.5 Å². The number of nitrogens with one attached hydrogen (secondary N) is 1. The van der Waals surface area contributed by atoms with Gasteiger partial charge in [0.15, 0.2) is 23.9 Å². The number of aromatic nitrogens is 1. The normalized spacial score (nSPS) is 10.4. The molecule has 0 fully saturated rings. The van der Waals surface area contributed by atoms with Crippen LogP contribution >= 0.6 is 11.6 Å². The first-order valence-electron chi connectivity index (χ1n) is 8.44. The average Bonchev–Trinajstić information content (AvgIpc) is 3.03. The van der Waals surface area contributed by atoms with Crippen molar-refractivity contribution < 1.29 is 28.3 Å². The molecule has 1 heterocycles. The summed E-state index contributed by atoms with van der Waals surface area (Å²) in [5, 5.41) is 6.30. The Hall–Kier alpha value is -2.74. The second-order valence-corrected chi connectivity index (χ2v) is 5.92. The first-order valence-corrected chi connectivity index (χ1v) is 8.81. The van der Waals surface area contributed by atoms with E-state index in [1.165, 1.54) is 12.1 Å². The third kappa shape index (κ3) is 5.89. The van der Waals surface area contributed by atoms with Crippen LogP contribution in [-0.2, 0) is 9.53 Å². The molecule has 9 heteroatoms. The number of benzene rings is 1. The Morgan fingerprint density at radius 3 is 2.63 bits per heavy atom. The quantitative estimate of drug-likeness (QED) is 0.646. The fourth-order valence-electron chi connectivity index (χ4n) is 2.11. The van der Waals surface area contributed by atoms with E-state index in [0.29, 0.717) is 30.5 Å². The van der Waals surface area contributed by atoms with Crippen LogP contribution in [-0.4, -0.2) is 36.9 Å². The van der Waals surface area contributed by atoms with E-state index in [-0.39, 0.29) is 16.4 Å². The highest BCUT2D eigenvalue weighted by atomic mass is 35.5. The van der Waals surface area contributed by atoms with Gasteiger partial charge in [0.1, 0.15) is 5.76 Å². The largest absolute Gasteiger partial charge is 0.490 e. The molecule has 2 aromatic rings. The molecule has 0 saturated heterocycles. The van der Waals surface area contributed by atoms with Crippen molar-refractivity contribution in [3.63, 3.8) is 0 Å². The number of hydrogen-bond acceptors (Lipinski definition) is 7. The standard InChI is InChI=1S/C18H21ClN2O6/c1-4-6-25-17-13(19)8-12(9-14(17)24-5-2)18(23)26-10-16(22)20-15-7-11(3)27-21-15/h7-9H,4-6,10H2,1-3H3,(H,20,21,22). The van der Waals surface area contributed by atoms with Crippen molar-refractivity contribution in [3.05, 3.63) is 34.5 Å². The first-order chi connectivity index (χ1) is 12.9. The van der Waals surface area contributed by atoms with Crippen LogP contribution in [0.2, 0.25) is 5.02 Å². The summed E-state index contributed by atoms with van der Waals surface area (Å²) in [5.74, 6) is 0.240. The molecule has 27 heavy (non-hydrogen) atoms. The summed E-state index contributed by atoms with van der Waals surface area (Å²) in [7, 11) is 0. The predicted molar refractivity (Wildman–Crippen MR) is 98.6 cm³/mol. The van der Waals surface area contributed by atoms with E-state index >= 15 is 0 Å². The molecule has 0 radical (unpaired) electrons. The average molecular weight is 397 g/mol. The minimum Gasteiger partial charge on any atom is -0.490 e. The van der Waals surface area contributed by atoms with Gasteiger partial charge in [-0.2, -0.15) is 0 Å². The number of carbonyl (C=O) groups is 2. The molecule has 0 aliphatic heterocycles. The van der Waals surface area contributed by atoms with Crippen molar-refractivity contribution >= 4 is 29.3 Å². The highest BCUT2D eigenvalue weighted by molar-refractivity contribution is 6.32. The van der Waals surface area contributed by atoms with Crippen molar-refractivity contribution in [2.75, 3.05) is 25.1 Å². The molecule has 0 aliphatic carbocycles. The topological polar surface area (TPSA) is 99.9 Å². The van der Waals surface area contributed by atoms with E-state index in [1.807, 2.05) is 6.92 Å². The molecule has 2 rings (SSSR count). The van der Waals surface area contributed by atoms with Crippen LogP contribution < -0.4 is 14.8 Å². The smallest absolute Gasteiger partial charge is 0.338 e. The molecule has 1 aromatic carbocycles. The summed E-state index contributed by atoms with van der Waals surface area (Å²) < 4.78 is 20.9. The lowest BCUT2D eigenvalue weighted by atomic mass is 10.2. The van der Waals surface area contributed by atoms with Gasteiger partial charge in [0.05, 0.1) is 23.8 Å². The van der Waals surface area contributed by atoms with Gasteiger partial charge in [0, 0.05) is 6.07 Å². The monoisotopic (exact) mass is 396 g/mol. The number of nitrogens with zero attached hydrogens (tertiary/aromatic N) is 1. The van der Waals surface area contributed by atoms with Gasteiger partial charge in [-0.05, 0) is 32.4 Å². The Labute approximate surface area is 161 Å². The number of aryl methyl sites for hydroxylation is 1. The molecule has 0 aliphatic rings. The molecule has 1 N–H and O–H groups in total. The van der Waals surface area contributed by atoms with E-state index < -0.39 is 18.5 Å². The van der Waals surface area contributed by atoms with Crippen LogP contribution in [0.5, 0.6) is 11.5 Å². The summed E-state index contributed by atoms with van der Waals surface area (Å²) in [6.07, 6.45) is 0.797. The Morgan fingerprint density at radius 1 is 1.22 bits per heavy atom. The SMILES string of the molecule is CCCOc1c(Cl)cc(C(=O)OCC(=O)Nc2cc(C)on2)cc1OCC. The van der Waals surface area contributed by atoms with Crippen molar-refractivity contribution in [1.82, 2.24) is 5.16 Å². The zero-order chi connectivity index (χ0) is 19.8. The number of halogens is 1. The number of rotatable bonds is 9. The number of carbonyl (C=O) groups excluding carboxylic acids is 2. The van der Waals surface area contributed by atoms with Crippen LogP contribution in [0.15, 0.2) is 22.7 Å². The fraction of sp³-hybridized carbons (Fsp3) is 0.389. The molecule has 0 spiro atoms. The lowest BCUT2D eigenvalue weighted by molar-refractivity contribution is -0.119. The van der Waals surface area contributed by atoms with E-state index in [0.717, 1.165) is 6.42 Å². The summed E-state index contributed by atoms with van der Waals surface area (Å²) in [5.41, 5.74) is 0.150. The minimum atomic E-state index is -0.716. The molecule has 1 aromatic heterocycles. The van der Waals surface area contributed by atoms with Gasteiger partial charge in [-0.25, -0.2) is 4.79 Å². The maximum atomic E-state index is 12.2. The number of ether oxygens (including phenoxy) is 3. The molecular weight excluding hydrogens is 376 g/mol. The molecule has 0 atom stereocenters. The van der Waals surface area contributed by atoms with Gasteiger partial charge in [0.2, 0.25) is 0 Å². The van der Waals surface area contributed by atoms with Crippen molar-refractivity contribution in [2.24, 2.45) is 0 Å². The van der Waals surface area contributed by atoms with E-state index in [2.05, 4.69) is 10.5 Å². The van der Waals surface area contributed by atoms with Crippen LogP contribution in [0.25, 0.3) is 0 Å². The molecule has 0 saturated carbocycles. The highest BCUT2D eigenvalue weighted by Crippen LogP contribution is 2.37. The van der Waals surface area contributed by atoms with Crippen LogP contribution in [0.1, 0.15) is 36.4 Å². The Bertz CT molecular complexity index is 805. The van der Waals surface area contributed by atoms with Gasteiger partial charge in [0.25, 0.3) is 5.91 Å². The maximum Gasteiger partial charge on any atom is 0.338 e. The van der Waals surface area contributed by atoms with Crippen molar-refractivity contribution in [1.29, 1.82) is 0 Å². The van der Waals surface area contributed by atoms with Gasteiger partial charge < -0.3 is 24.1 Å². The van der Waals surface area contributed by atoms with E-state index in [4.69, 9.17) is 30.3 Å².